The summed E-state index contributed by atoms with van der Waals surface area (Å²) in [4.78, 5) is 17.1. The van der Waals surface area contributed by atoms with Crippen molar-refractivity contribution in [2.75, 3.05) is 5.32 Å². The monoisotopic (exact) mass is 442 g/mol. The molecule has 2 aromatic carbocycles. The maximum atomic E-state index is 13.3. The molecular formula is C21H16ClFN4O2S. The summed E-state index contributed by atoms with van der Waals surface area (Å²) in [6, 6.07) is 15.1. The van der Waals surface area contributed by atoms with Gasteiger partial charge in [0.2, 0.25) is 5.95 Å². The molecule has 0 aliphatic rings. The van der Waals surface area contributed by atoms with E-state index in [1.165, 1.54) is 34.5 Å². The van der Waals surface area contributed by atoms with Gasteiger partial charge >= 0.3 is 0 Å². The van der Waals surface area contributed by atoms with Crippen LogP contribution in [-0.4, -0.2) is 20.7 Å². The van der Waals surface area contributed by atoms with Crippen LogP contribution in [0.4, 0.5) is 10.3 Å². The van der Waals surface area contributed by atoms with Crippen LogP contribution in [0.25, 0.3) is 0 Å². The number of anilines is 1. The van der Waals surface area contributed by atoms with Gasteiger partial charge in [-0.2, -0.15) is 0 Å². The highest BCUT2D eigenvalue weighted by Crippen LogP contribution is 2.21. The van der Waals surface area contributed by atoms with Gasteiger partial charge in [-0.3, -0.25) is 10.1 Å². The Bertz CT molecular complexity index is 1180. The lowest BCUT2D eigenvalue weighted by Gasteiger charge is -2.04. The van der Waals surface area contributed by atoms with Crippen molar-refractivity contribution in [3.8, 4) is 5.75 Å². The fourth-order valence-corrected chi connectivity index (χ4v) is 3.68. The third-order valence-electron chi connectivity index (χ3n) is 4.07. The van der Waals surface area contributed by atoms with Gasteiger partial charge in [0.15, 0.2) is 0 Å². The Kier molecular flexibility index (Phi) is 6.06. The van der Waals surface area contributed by atoms with Gasteiger partial charge in [0, 0.05) is 10.6 Å². The number of aromatic nitrogens is 3. The summed E-state index contributed by atoms with van der Waals surface area (Å²) in [5.74, 6) is 0.223. The lowest BCUT2D eigenvalue weighted by molar-refractivity contribution is 0.102. The molecule has 4 aromatic rings. The maximum absolute atomic E-state index is 13.3. The number of halogens is 2. The molecule has 0 aliphatic carbocycles. The van der Waals surface area contributed by atoms with Crippen molar-refractivity contribution < 1.29 is 13.9 Å². The van der Waals surface area contributed by atoms with E-state index in [0.29, 0.717) is 28.8 Å². The Hall–Kier alpha value is -3.23. The van der Waals surface area contributed by atoms with E-state index in [4.69, 9.17) is 16.3 Å². The Morgan fingerprint density at radius 2 is 2.03 bits per heavy atom. The number of hydrogen-bond donors (Lipinski definition) is 1. The summed E-state index contributed by atoms with van der Waals surface area (Å²) in [7, 11) is 0. The molecule has 1 N–H and O–H groups in total. The summed E-state index contributed by atoms with van der Waals surface area (Å²) in [6.07, 6.45) is 1.49. The molecule has 0 fully saturated rings. The summed E-state index contributed by atoms with van der Waals surface area (Å²) < 4.78 is 20.5. The second-order valence-electron chi connectivity index (χ2n) is 6.42. The smallest absolute Gasteiger partial charge is 0.268 e. The summed E-state index contributed by atoms with van der Waals surface area (Å²) in [5, 5.41) is 9.33. The molecule has 0 saturated heterocycles. The van der Waals surface area contributed by atoms with Gasteiger partial charge in [-0.15, -0.1) is 16.4 Å². The minimum Gasteiger partial charge on any atom is -0.489 e. The van der Waals surface area contributed by atoms with Gasteiger partial charge in [-0.1, -0.05) is 29.8 Å². The van der Waals surface area contributed by atoms with E-state index in [2.05, 4.69) is 15.4 Å². The number of benzene rings is 2. The first kappa shape index (κ1) is 20.1. The van der Waals surface area contributed by atoms with Crippen molar-refractivity contribution in [2.24, 2.45) is 0 Å². The third-order valence-corrected chi connectivity index (χ3v) is 5.29. The molecule has 0 radical (unpaired) electrons. The van der Waals surface area contributed by atoms with Gasteiger partial charge in [-0.05, 0) is 47.3 Å². The standard InChI is InChI=1S/C21H16ClFN4O2S/c22-16-4-2-6-18(9-16)29-11-15-8-19(30-12-15)20(28)25-21-24-13-27(26-21)10-14-3-1-5-17(23)7-14/h1-9,12-13H,10-11H2,(H,25,26,28). The van der Waals surface area contributed by atoms with E-state index >= 15 is 0 Å². The van der Waals surface area contributed by atoms with Crippen LogP contribution in [0.3, 0.4) is 0 Å². The normalized spacial score (nSPS) is 10.7. The lowest BCUT2D eigenvalue weighted by atomic mass is 10.2. The van der Waals surface area contributed by atoms with Gasteiger partial charge in [-0.25, -0.2) is 14.1 Å². The van der Waals surface area contributed by atoms with E-state index in [-0.39, 0.29) is 17.7 Å². The van der Waals surface area contributed by atoms with Crippen molar-refractivity contribution >= 4 is 34.8 Å². The molecule has 0 bridgehead atoms. The van der Waals surface area contributed by atoms with Crippen LogP contribution in [-0.2, 0) is 13.2 Å². The quantitative estimate of drug-likeness (QED) is 0.436. The predicted molar refractivity (Wildman–Crippen MR) is 114 cm³/mol. The number of thiophene rings is 1. The van der Waals surface area contributed by atoms with Crippen molar-refractivity contribution in [3.05, 3.63) is 93.1 Å². The zero-order chi connectivity index (χ0) is 20.9. The summed E-state index contributed by atoms with van der Waals surface area (Å²) in [5.41, 5.74) is 1.62. The second kappa shape index (κ2) is 9.06. The van der Waals surface area contributed by atoms with Crippen LogP contribution >= 0.6 is 22.9 Å². The predicted octanol–water partition coefficient (Wildman–Crippen LogP) is 5.01. The van der Waals surface area contributed by atoms with E-state index in [1.807, 2.05) is 17.5 Å². The van der Waals surface area contributed by atoms with Gasteiger partial charge < -0.3 is 4.74 Å². The molecule has 2 heterocycles. The Morgan fingerprint density at radius 3 is 2.87 bits per heavy atom. The van der Waals surface area contributed by atoms with Gasteiger partial charge in [0.05, 0.1) is 11.4 Å². The van der Waals surface area contributed by atoms with Crippen molar-refractivity contribution in [3.63, 3.8) is 0 Å². The van der Waals surface area contributed by atoms with Crippen molar-refractivity contribution in [1.29, 1.82) is 0 Å². The van der Waals surface area contributed by atoms with E-state index < -0.39 is 0 Å². The van der Waals surface area contributed by atoms with Crippen molar-refractivity contribution in [2.45, 2.75) is 13.2 Å². The average Bonchev–Trinajstić information content (AvgIpc) is 3.36. The van der Waals surface area contributed by atoms with Crippen LogP contribution in [0.5, 0.6) is 5.75 Å². The Morgan fingerprint density at radius 1 is 1.17 bits per heavy atom. The molecule has 0 aliphatic heterocycles. The second-order valence-corrected chi connectivity index (χ2v) is 7.76. The van der Waals surface area contributed by atoms with Crippen LogP contribution in [0.15, 0.2) is 66.3 Å². The maximum Gasteiger partial charge on any atom is 0.268 e. The number of carbonyl (C=O) groups is 1. The van der Waals surface area contributed by atoms with E-state index in [9.17, 15) is 9.18 Å². The average molecular weight is 443 g/mol. The molecule has 30 heavy (non-hydrogen) atoms. The molecule has 9 heteroatoms. The zero-order valence-corrected chi connectivity index (χ0v) is 17.2. The molecule has 1 amide bonds. The molecule has 4 rings (SSSR count). The highest BCUT2D eigenvalue weighted by atomic mass is 35.5. The van der Waals surface area contributed by atoms with Crippen LogP contribution in [0.2, 0.25) is 5.02 Å². The molecule has 0 saturated carbocycles. The molecule has 0 atom stereocenters. The number of amides is 1. The zero-order valence-electron chi connectivity index (χ0n) is 15.6. The highest BCUT2D eigenvalue weighted by molar-refractivity contribution is 7.12. The number of hydrogen-bond acceptors (Lipinski definition) is 5. The first-order valence-corrected chi connectivity index (χ1v) is 10.2. The first-order chi connectivity index (χ1) is 14.5. The highest BCUT2D eigenvalue weighted by Gasteiger charge is 2.12. The molecule has 152 valence electrons. The number of nitrogens with one attached hydrogen (secondary N) is 1. The molecule has 0 unspecified atom stereocenters. The number of rotatable bonds is 7. The number of carbonyl (C=O) groups excluding carboxylic acids is 1. The Balaban J connectivity index is 1.34. The van der Waals surface area contributed by atoms with E-state index in [1.54, 1.807) is 30.3 Å². The molecule has 0 spiro atoms. The van der Waals surface area contributed by atoms with E-state index in [0.717, 1.165) is 11.1 Å². The fraction of sp³-hybridized carbons (Fsp3) is 0.0952. The van der Waals surface area contributed by atoms with Gasteiger partial charge in [0.1, 0.15) is 24.5 Å². The van der Waals surface area contributed by atoms with Crippen molar-refractivity contribution in [1.82, 2.24) is 14.8 Å². The fourth-order valence-electron chi connectivity index (χ4n) is 2.71. The summed E-state index contributed by atoms with van der Waals surface area (Å²) in [6.45, 7) is 0.676. The number of ether oxygens (including phenoxy) is 1. The van der Waals surface area contributed by atoms with Gasteiger partial charge in [0.25, 0.3) is 5.91 Å². The largest absolute Gasteiger partial charge is 0.489 e. The van der Waals surface area contributed by atoms with Crippen LogP contribution < -0.4 is 10.1 Å². The minimum absolute atomic E-state index is 0.182. The minimum atomic E-state index is -0.311. The van der Waals surface area contributed by atoms with Crippen LogP contribution in [0, 0.1) is 5.82 Å². The third kappa shape index (κ3) is 5.22. The molecule has 6 nitrogen and oxygen atoms in total. The number of nitrogens with zero attached hydrogens (tertiary/aromatic N) is 3. The molecule has 2 aromatic heterocycles. The SMILES string of the molecule is O=C(Nc1ncn(Cc2cccc(F)c2)n1)c1cc(COc2cccc(Cl)c2)cs1. The summed E-state index contributed by atoms with van der Waals surface area (Å²) >= 11 is 7.25. The lowest BCUT2D eigenvalue weighted by Crippen LogP contribution is -2.12. The topological polar surface area (TPSA) is 69.0 Å². The Labute approximate surface area is 180 Å². The molecular weight excluding hydrogens is 427 g/mol. The first-order valence-electron chi connectivity index (χ1n) is 8.96. The van der Waals surface area contributed by atoms with Crippen LogP contribution in [0.1, 0.15) is 20.8 Å².